The average molecular weight is 439 g/mol. The van der Waals surface area contributed by atoms with E-state index in [1.807, 2.05) is 39.8 Å². The molecule has 1 aliphatic carbocycles. The molecule has 8 heteroatoms. The van der Waals surface area contributed by atoms with E-state index in [0.29, 0.717) is 54.5 Å². The molecule has 0 spiro atoms. The Kier molecular flexibility index (Phi) is 5.60. The number of aliphatic hydroxyl groups excluding tert-OH is 1. The molecule has 32 heavy (non-hydrogen) atoms. The molecule has 2 N–H and O–H groups in total. The Morgan fingerprint density at radius 1 is 1.34 bits per heavy atom. The number of aryl methyl sites for hydroxylation is 1. The first kappa shape index (κ1) is 22.4. The molecular weight excluding hydrogens is 408 g/mol. The van der Waals surface area contributed by atoms with E-state index in [9.17, 15) is 15.2 Å². The van der Waals surface area contributed by atoms with E-state index in [-0.39, 0.29) is 6.42 Å². The molecule has 5 rings (SSSR count). The van der Waals surface area contributed by atoms with Gasteiger partial charge in [0.05, 0.1) is 40.4 Å². The Hall–Kier alpha value is -2.76. The number of nitriles is 1. The lowest BCUT2D eigenvalue weighted by Crippen LogP contribution is -2.66. The van der Waals surface area contributed by atoms with Gasteiger partial charge in [-0.15, -0.1) is 0 Å². The second kappa shape index (κ2) is 7.98. The number of aliphatic hydroxyl groups is 1. The summed E-state index contributed by atoms with van der Waals surface area (Å²) in [6.45, 7) is 7.71. The van der Waals surface area contributed by atoms with E-state index in [2.05, 4.69) is 21.4 Å². The van der Waals surface area contributed by atoms with Crippen LogP contribution >= 0.6 is 0 Å². The highest BCUT2D eigenvalue weighted by Crippen LogP contribution is 2.46. The first-order chi connectivity index (χ1) is 15.0. The van der Waals surface area contributed by atoms with Gasteiger partial charge in [0.15, 0.2) is 0 Å². The number of nitrogens with one attached hydrogen (secondary N) is 1. The van der Waals surface area contributed by atoms with Crippen molar-refractivity contribution < 1.29 is 19.4 Å². The lowest BCUT2D eigenvalue weighted by atomic mass is 9.68. The van der Waals surface area contributed by atoms with Crippen LogP contribution in [-0.4, -0.2) is 50.6 Å². The molecule has 1 atom stereocenters. The molecule has 4 heterocycles. The zero-order valence-electron chi connectivity index (χ0n) is 19.1. The third-order valence-corrected chi connectivity index (χ3v) is 6.54. The fraction of sp³-hybridized carbons (Fsp3) is 0.583. The zero-order valence-corrected chi connectivity index (χ0v) is 19.1. The Labute approximate surface area is 188 Å². The Bertz CT molecular complexity index is 1060. The molecule has 2 aliphatic heterocycles. The lowest BCUT2D eigenvalue weighted by molar-refractivity contribution is -0.206. The maximum atomic E-state index is 12.3. The molecule has 3 aliphatic rings. The van der Waals surface area contributed by atoms with Crippen LogP contribution < -0.4 is 5.32 Å². The first-order valence-corrected chi connectivity index (χ1v) is 11.0. The second-order valence-corrected chi connectivity index (χ2v) is 10.1. The van der Waals surface area contributed by atoms with E-state index in [4.69, 9.17) is 9.47 Å². The summed E-state index contributed by atoms with van der Waals surface area (Å²) in [6, 6.07) is 5.94. The Morgan fingerprint density at radius 3 is 2.66 bits per heavy atom. The van der Waals surface area contributed by atoms with Crippen molar-refractivity contribution >= 4 is 17.1 Å². The summed E-state index contributed by atoms with van der Waals surface area (Å²) in [5.41, 5.74) is 1.54. The van der Waals surface area contributed by atoms with Gasteiger partial charge < -0.3 is 19.9 Å². The van der Waals surface area contributed by atoms with Crippen molar-refractivity contribution in [2.45, 2.75) is 82.6 Å². The number of aromatic nitrogens is 2. The number of pyridine rings is 2. The van der Waals surface area contributed by atoms with Crippen LogP contribution in [0.15, 0.2) is 18.3 Å². The molecule has 1 unspecified atom stereocenters. The summed E-state index contributed by atoms with van der Waals surface area (Å²) in [4.78, 5) is 21.2. The summed E-state index contributed by atoms with van der Waals surface area (Å²) >= 11 is 0. The van der Waals surface area contributed by atoms with Gasteiger partial charge in [-0.2, -0.15) is 5.26 Å². The van der Waals surface area contributed by atoms with E-state index in [1.54, 1.807) is 0 Å². The highest BCUT2D eigenvalue weighted by atomic mass is 16.6. The maximum Gasteiger partial charge on any atom is 0.408 e. The normalized spacial score (nSPS) is 25.9. The number of ether oxygens (including phenoxy) is 2. The van der Waals surface area contributed by atoms with Crippen molar-refractivity contribution in [3.8, 4) is 6.07 Å². The van der Waals surface area contributed by atoms with Crippen LogP contribution in [0.25, 0.3) is 11.0 Å². The van der Waals surface area contributed by atoms with Gasteiger partial charge in [-0.3, -0.25) is 9.97 Å². The maximum absolute atomic E-state index is 12.3. The van der Waals surface area contributed by atoms with Crippen LogP contribution in [0.2, 0.25) is 0 Å². The van der Waals surface area contributed by atoms with E-state index in [1.165, 1.54) is 6.20 Å². The average Bonchev–Trinajstić information content (AvgIpc) is 2.73. The summed E-state index contributed by atoms with van der Waals surface area (Å²) in [5, 5.41) is 23.9. The van der Waals surface area contributed by atoms with Gasteiger partial charge in [-0.25, -0.2) is 4.79 Å². The lowest BCUT2D eigenvalue weighted by Gasteiger charge is -2.54. The third-order valence-electron chi connectivity index (χ3n) is 6.54. The third kappa shape index (κ3) is 4.27. The predicted octanol–water partition coefficient (Wildman–Crippen LogP) is 3.32. The van der Waals surface area contributed by atoms with Gasteiger partial charge in [0, 0.05) is 23.9 Å². The molecule has 0 aromatic carbocycles. The van der Waals surface area contributed by atoms with E-state index < -0.39 is 28.9 Å². The van der Waals surface area contributed by atoms with Crippen LogP contribution in [0.5, 0.6) is 0 Å². The Morgan fingerprint density at radius 2 is 2.06 bits per heavy atom. The summed E-state index contributed by atoms with van der Waals surface area (Å²) in [7, 11) is 0. The molecule has 2 saturated heterocycles. The molecule has 2 bridgehead atoms. The highest BCUT2D eigenvalue weighted by molar-refractivity contribution is 5.80. The van der Waals surface area contributed by atoms with Crippen molar-refractivity contribution in [3.63, 3.8) is 0 Å². The van der Waals surface area contributed by atoms with Crippen molar-refractivity contribution in [2.75, 3.05) is 6.61 Å². The zero-order chi connectivity index (χ0) is 23.1. The van der Waals surface area contributed by atoms with E-state index in [0.717, 1.165) is 5.69 Å². The molecule has 8 nitrogen and oxygen atoms in total. The molecule has 1 amide bonds. The topological polar surface area (TPSA) is 117 Å². The number of rotatable bonds is 4. The number of alkyl carbamates (subject to hydrolysis) is 1. The van der Waals surface area contributed by atoms with Gasteiger partial charge in [0.25, 0.3) is 0 Å². The van der Waals surface area contributed by atoms with Crippen LogP contribution in [0.3, 0.4) is 0 Å². The van der Waals surface area contributed by atoms with Crippen LogP contribution in [-0.2, 0) is 15.9 Å². The van der Waals surface area contributed by atoms with Gasteiger partial charge in [-0.05, 0) is 65.5 Å². The predicted molar refractivity (Wildman–Crippen MR) is 118 cm³/mol. The van der Waals surface area contributed by atoms with Gasteiger partial charge in [0.1, 0.15) is 11.7 Å². The van der Waals surface area contributed by atoms with Gasteiger partial charge in [0.2, 0.25) is 0 Å². The van der Waals surface area contributed by atoms with Crippen molar-refractivity contribution in [1.29, 1.82) is 5.26 Å². The number of hydrogen-bond acceptors (Lipinski definition) is 7. The number of carbonyl (C=O) groups is 1. The fourth-order valence-electron chi connectivity index (χ4n) is 4.73. The Balaban J connectivity index is 1.51. The van der Waals surface area contributed by atoms with Gasteiger partial charge in [-0.1, -0.05) is 0 Å². The molecule has 1 saturated carbocycles. The molecule has 170 valence electrons. The first-order valence-electron chi connectivity index (χ1n) is 11.0. The number of fused-ring (bicyclic) bond motifs is 4. The SMILES string of the molecule is Cc1ccc2ncc(C#N)c(CC(O)C34CCC(NC(=O)OC(C)(C)C)(CC3)CO4)c2n1. The highest BCUT2D eigenvalue weighted by Gasteiger charge is 2.54. The number of carbonyl (C=O) groups excluding carboxylic acids is 1. The van der Waals surface area contributed by atoms with Crippen molar-refractivity contribution in [2.24, 2.45) is 0 Å². The van der Waals surface area contributed by atoms with Crippen molar-refractivity contribution in [3.05, 3.63) is 35.2 Å². The largest absolute Gasteiger partial charge is 0.444 e. The van der Waals surface area contributed by atoms with Crippen LogP contribution in [0.1, 0.15) is 63.3 Å². The van der Waals surface area contributed by atoms with Gasteiger partial charge >= 0.3 is 6.09 Å². The number of hydrogen-bond donors (Lipinski definition) is 2. The van der Waals surface area contributed by atoms with Crippen molar-refractivity contribution in [1.82, 2.24) is 15.3 Å². The molecule has 2 aromatic heterocycles. The minimum Gasteiger partial charge on any atom is -0.444 e. The minimum atomic E-state index is -0.803. The van der Waals surface area contributed by atoms with E-state index >= 15 is 0 Å². The minimum absolute atomic E-state index is 0.255. The summed E-state index contributed by atoms with van der Waals surface area (Å²) in [6.07, 6.45) is 3.16. The molecule has 3 fully saturated rings. The van der Waals surface area contributed by atoms with Crippen LogP contribution in [0.4, 0.5) is 4.79 Å². The number of nitrogens with zero attached hydrogens (tertiary/aromatic N) is 3. The fourth-order valence-corrected chi connectivity index (χ4v) is 4.73. The standard InChI is InChI=1S/C24H30N4O4/c1-15-5-6-18-20(27-15)17(16(12-25)13-26-18)11-19(29)24-9-7-23(8-10-24,14-31-24)28-21(30)32-22(2,3)4/h5-6,13,19,29H,7-11,14H2,1-4H3,(H,28,30). The van der Waals surface area contributed by atoms with Crippen LogP contribution in [0, 0.1) is 18.3 Å². The number of amides is 1. The second-order valence-electron chi connectivity index (χ2n) is 10.1. The summed E-state index contributed by atoms with van der Waals surface area (Å²) in [5.74, 6) is 0. The molecule has 2 aromatic rings. The summed E-state index contributed by atoms with van der Waals surface area (Å²) < 4.78 is 11.6. The monoisotopic (exact) mass is 438 g/mol. The quantitative estimate of drug-likeness (QED) is 0.752. The smallest absolute Gasteiger partial charge is 0.408 e. The molecule has 0 radical (unpaired) electrons. The molecular formula is C24H30N4O4.